The van der Waals surface area contributed by atoms with Crippen molar-refractivity contribution in [3.8, 4) is 0 Å². The van der Waals surface area contributed by atoms with Gasteiger partial charge in [-0.3, -0.25) is 14.2 Å². The van der Waals surface area contributed by atoms with Gasteiger partial charge in [0, 0.05) is 19.2 Å². The number of benzene rings is 1. The molecule has 0 spiro atoms. The summed E-state index contributed by atoms with van der Waals surface area (Å²) in [7, 11) is 1.87. The lowest BCUT2D eigenvalue weighted by Crippen LogP contribution is -2.27. The van der Waals surface area contributed by atoms with E-state index in [1.165, 1.54) is 24.3 Å². The topological polar surface area (TPSA) is 64.7 Å². The van der Waals surface area contributed by atoms with Crippen LogP contribution in [0.2, 0.25) is 0 Å². The fourth-order valence-corrected chi connectivity index (χ4v) is 2.46. The maximum atomic E-state index is 12.8. The standard InChI is InChI=1S/C15H16FN5O/c1-10-14-13(20(2)19-10)9-18-21(14)8-7-17-15(22)11-3-5-12(16)6-4-11/h3-6,9H,7-8H2,1-2H3,(H,17,22). The molecular formula is C15H16FN5O. The molecular weight excluding hydrogens is 285 g/mol. The molecule has 2 aromatic heterocycles. The average molecular weight is 301 g/mol. The van der Waals surface area contributed by atoms with Crippen LogP contribution in [0.15, 0.2) is 30.5 Å². The van der Waals surface area contributed by atoms with Crippen molar-refractivity contribution >= 4 is 16.9 Å². The number of carbonyl (C=O) groups is 1. The number of halogens is 1. The van der Waals surface area contributed by atoms with Gasteiger partial charge in [0.15, 0.2) is 0 Å². The van der Waals surface area contributed by atoms with Crippen molar-refractivity contribution in [3.05, 3.63) is 47.5 Å². The summed E-state index contributed by atoms with van der Waals surface area (Å²) < 4.78 is 16.4. The monoisotopic (exact) mass is 301 g/mol. The third kappa shape index (κ3) is 2.57. The second kappa shape index (κ2) is 5.59. The van der Waals surface area contributed by atoms with Gasteiger partial charge >= 0.3 is 0 Å². The molecule has 2 heterocycles. The van der Waals surface area contributed by atoms with E-state index < -0.39 is 0 Å². The lowest BCUT2D eigenvalue weighted by Gasteiger charge is -2.06. The quantitative estimate of drug-likeness (QED) is 0.797. The third-order valence-corrected chi connectivity index (χ3v) is 3.53. The largest absolute Gasteiger partial charge is 0.350 e. The lowest BCUT2D eigenvalue weighted by atomic mass is 10.2. The Morgan fingerprint density at radius 3 is 2.77 bits per heavy atom. The van der Waals surface area contributed by atoms with Gasteiger partial charge in [-0.1, -0.05) is 0 Å². The van der Waals surface area contributed by atoms with Gasteiger partial charge in [-0.25, -0.2) is 4.39 Å². The molecule has 22 heavy (non-hydrogen) atoms. The van der Waals surface area contributed by atoms with Crippen LogP contribution in [0.4, 0.5) is 4.39 Å². The Bertz CT molecular complexity index is 818. The van der Waals surface area contributed by atoms with Crippen molar-refractivity contribution in [1.82, 2.24) is 24.9 Å². The number of nitrogens with one attached hydrogen (secondary N) is 1. The van der Waals surface area contributed by atoms with Gasteiger partial charge in [0.05, 0.1) is 18.4 Å². The number of fused-ring (bicyclic) bond motifs is 1. The number of rotatable bonds is 4. The molecule has 3 rings (SSSR count). The number of amides is 1. The van der Waals surface area contributed by atoms with Crippen molar-refractivity contribution in [2.75, 3.05) is 6.54 Å². The molecule has 6 nitrogen and oxygen atoms in total. The van der Waals surface area contributed by atoms with Crippen LogP contribution >= 0.6 is 0 Å². The minimum absolute atomic E-state index is 0.230. The summed E-state index contributed by atoms with van der Waals surface area (Å²) in [5.74, 6) is -0.589. The van der Waals surface area contributed by atoms with Gasteiger partial charge < -0.3 is 5.32 Å². The summed E-state index contributed by atoms with van der Waals surface area (Å²) in [6.45, 7) is 2.90. The Morgan fingerprint density at radius 2 is 2.05 bits per heavy atom. The van der Waals surface area contributed by atoms with Gasteiger partial charge in [0.1, 0.15) is 16.9 Å². The molecule has 0 aliphatic heterocycles. The molecule has 1 N–H and O–H groups in total. The number of aromatic nitrogens is 4. The van der Waals surface area contributed by atoms with Crippen molar-refractivity contribution in [1.29, 1.82) is 0 Å². The number of carbonyl (C=O) groups excluding carboxylic acids is 1. The summed E-state index contributed by atoms with van der Waals surface area (Å²) in [5, 5.41) is 11.5. The predicted molar refractivity (Wildman–Crippen MR) is 80.0 cm³/mol. The van der Waals surface area contributed by atoms with E-state index in [4.69, 9.17) is 0 Å². The first kappa shape index (κ1) is 14.2. The van der Waals surface area contributed by atoms with Crippen LogP contribution in [-0.4, -0.2) is 32.0 Å². The Balaban J connectivity index is 1.65. The molecule has 7 heteroatoms. The molecule has 0 radical (unpaired) electrons. The SMILES string of the molecule is Cc1nn(C)c2cnn(CCNC(=O)c3ccc(F)cc3)c12. The smallest absolute Gasteiger partial charge is 0.251 e. The minimum atomic E-state index is -0.359. The van der Waals surface area contributed by atoms with Crippen LogP contribution < -0.4 is 5.32 Å². The first-order valence-corrected chi connectivity index (χ1v) is 6.95. The summed E-state index contributed by atoms with van der Waals surface area (Å²) in [5.41, 5.74) is 3.27. The summed E-state index contributed by atoms with van der Waals surface area (Å²) >= 11 is 0. The molecule has 0 aliphatic carbocycles. The maximum Gasteiger partial charge on any atom is 0.251 e. The zero-order valence-electron chi connectivity index (χ0n) is 12.4. The second-order valence-corrected chi connectivity index (χ2v) is 5.07. The molecule has 0 saturated carbocycles. The molecule has 1 amide bonds. The van der Waals surface area contributed by atoms with Gasteiger partial charge in [0.2, 0.25) is 0 Å². The highest BCUT2D eigenvalue weighted by molar-refractivity contribution is 5.94. The molecule has 0 fully saturated rings. The average Bonchev–Trinajstić information content (AvgIpc) is 3.03. The molecule has 0 atom stereocenters. The van der Waals surface area contributed by atoms with Crippen LogP contribution in [0.25, 0.3) is 11.0 Å². The van der Waals surface area contributed by atoms with E-state index in [1.54, 1.807) is 10.9 Å². The molecule has 0 saturated heterocycles. The number of hydrogen-bond acceptors (Lipinski definition) is 3. The second-order valence-electron chi connectivity index (χ2n) is 5.07. The molecule has 1 aromatic carbocycles. The van der Waals surface area contributed by atoms with Gasteiger partial charge in [-0.05, 0) is 31.2 Å². The van der Waals surface area contributed by atoms with E-state index in [-0.39, 0.29) is 11.7 Å². The highest BCUT2D eigenvalue weighted by Crippen LogP contribution is 2.16. The molecule has 0 aliphatic rings. The van der Waals surface area contributed by atoms with E-state index in [9.17, 15) is 9.18 Å². The summed E-state index contributed by atoms with van der Waals surface area (Å²) in [4.78, 5) is 11.9. The first-order valence-electron chi connectivity index (χ1n) is 6.95. The van der Waals surface area contributed by atoms with Crippen LogP contribution in [0.1, 0.15) is 16.1 Å². The molecule has 0 unspecified atom stereocenters. The van der Waals surface area contributed by atoms with Gasteiger partial charge in [-0.15, -0.1) is 0 Å². The van der Waals surface area contributed by atoms with E-state index in [0.717, 1.165) is 16.7 Å². The van der Waals surface area contributed by atoms with Crippen LogP contribution in [0.3, 0.4) is 0 Å². The Hall–Kier alpha value is -2.70. The number of nitrogens with zero attached hydrogens (tertiary/aromatic N) is 4. The minimum Gasteiger partial charge on any atom is -0.350 e. The van der Waals surface area contributed by atoms with Crippen LogP contribution in [-0.2, 0) is 13.6 Å². The zero-order chi connectivity index (χ0) is 15.7. The van der Waals surface area contributed by atoms with Gasteiger partial charge in [-0.2, -0.15) is 10.2 Å². The maximum absolute atomic E-state index is 12.8. The van der Waals surface area contributed by atoms with Crippen molar-refractivity contribution < 1.29 is 9.18 Å². The fraction of sp³-hybridized carbons (Fsp3) is 0.267. The Morgan fingerprint density at radius 1 is 1.32 bits per heavy atom. The molecule has 0 bridgehead atoms. The number of aryl methyl sites for hydroxylation is 2. The van der Waals surface area contributed by atoms with Crippen LogP contribution in [0, 0.1) is 12.7 Å². The Labute approximate surface area is 126 Å². The number of hydrogen-bond donors (Lipinski definition) is 1. The third-order valence-electron chi connectivity index (χ3n) is 3.53. The van der Waals surface area contributed by atoms with Crippen molar-refractivity contribution in [3.63, 3.8) is 0 Å². The highest BCUT2D eigenvalue weighted by Gasteiger charge is 2.11. The fourth-order valence-electron chi connectivity index (χ4n) is 2.46. The van der Waals surface area contributed by atoms with Crippen molar-refractivity contribution in [2.24, 2.45) is 7.05 Å². The lowest BCUT2D eigenvalue weighted by molar-refractivity contribution is 0.0952. The van der Waals surface area contributed by atoms with E-state index >= 15 is 0 Å². The molecule has 3 aromatic rings. The Kier molecular flexibility index (Phi) is 3.62. The van der Waals surface area contributed by atoms with E-state index in [1.807, 2.05) is 18.7 Å². The highest BCUT2D eigenvalue weighted by atomic mass is 19.1. The summed E-state index contributed by atoms with van der Waals surface area (Å²) in [6, 6.07) is 5.46. The molecule has 114 valence electrons. The normalized spacial score (nSPS) is 11.0. The zero-order valence-corrected chi connectivity index (χ0v) is 12.4. The van der Waals surface area contributed by atoms with Crippen molar-refractivity contribution in [2.45, 2.75) is 13.5 Å². The van der Waals surface area contributed by atoms with Crippen LogP contribution in [0.5, 0.6) is 0 Å². The summed E-state index contributed by atoms with van der Waals surface area (Å²) in [6.07, 6.45) is 1.76. The first-order chi connectivity index (χ1) is 10.6. The predicted octanol–water partition coefficient (Wildman–Crippen LogP) is 1.65. The van der Waals surface area contributed by atoms with E-state index in [2.05, 4.69) is 15.5 Å². The van der Waals surface area contributed by atoms with Gasteiger partial charge in [0.25, 0.3) is 5.91 Å². The van der Waals surface area contributed by atoms with E-state index in [0.29, 0.717) is 18.7 Å².